The fourth-order valence-corrected chi connectivity index (χ4v) is 4.16. The molecule has 1 saturated carbocycles. The van der Waals surface area contributed by atoms with Crippen LogP contribution in [0.2, 0.25) is 0 Å². The number of benzene rings is 1. The van der Waals surface area contributed by atoms with E-state index in [0.717, 1.165) is 30.8 Å². The predicted octanol–water partition coefficient (Wildman–Crippen LogP) is 3.69. The molecule has 1 aliphatic heterocycles. The third kappa shape index (κ3) is 4.27. The number of carbonyl (C=O) groups is 1. The summed E-state index contributed by atoms with van der Waals surface area (Å²) in [6, 6.07) is 8.57. The number of urea groups is 1. The first-order valence-electron chi connectivity index (χ1n) is 9.62. The number of nitrogens with zero attached hydrogens (tertiary/aromatic N) is 2. The smallest absolute Gasteiger partial charge is 0.321 e. The van der Waals surface area contributed by atoms with Crippen molar-refractivity contribution in [1.82, 2.24) is 4.90 Å². The van der Waals surface area contributed by atoms with E-state index in [9.17, 15) is 9.90 Å². The molecule has 2 aliphatic rings. The topological polar surface area (TPSA) is 55.8 Å². The number of nitrogens with one attached hydrogen (secondary N) is 1. The SMILES string of the molecule is CC(O)C1CCCN(C(=O)Nc2ccccc2N(C)C2CCCC2)C1. The molecule has 25 heavy (non-hydrogen) atoms. The first-order chi connectivity index (χ1) is 12.1. The second-order valence-electron chi connectivity index (χ2n) is 7.59. The van der Waals surface area contributed by atoms with Gasteiger partial charge in [0.15, 0.2) is 0 Å². The van der Waals surface area contributed by atoms with Gasteiger partial charge in [-0.3, -0.25) is 0 Å². The molecule has 2 amide bonds. The number of carbonyl (C=O) groups excluding carboxylic acids is 1. The molecule has 1 saturated heterocycles. The lowest BCUT2D eigenvalue weighted by Crippen LogP contribution is -2.45. The number of amides is 2. The first-order valence-corrected chi connectivity index (χ1v) is 9.62. The van der Waals surface area contributed by atoms with E-state index in [1.807, 2.05) is 30.0 Å². The summed E-state index contributed by atoms with van der Waals surface area (Å²) < 4.78 is 0. The van der Waals surface area contributed by atoms with Gasteiger partial charge in [0.2, 0.25) is 0 Å². The molecule has 3 rings (SSSR count). The number of hydrogen-bond acceptors (Lipinski definition) is 3. The minimum absolute atomic E-state index is 0.0578. The Kier molecular flexibility index (Phi) is 5.84. The number of aliphatic hydroxyl groups is 1. The molecule has 1 heterocycles. The van der Waals surface area contributed by atoms with Crippen LogP contribution >= 0.6 is 0 Å². The van der Waals surface area contributed by atoms with Crippen molar-refractivity contribution in [3.05, 3.63) is 24.3 Å². The quantitative estimate of drug-likeness (QED) is 0.875. The summed E-state index contributed by atoms with van der Waals surface area (Å²) in [7, 11) is 2.13. The van der Waals surface area contributed by atoms with Crippen molar-refractivity contribution in [3.63, 3.8) is 0 Å². The summed E-state index contributed by atoms with van der Waals surface area (Å²) >= 11 is 0. The van der Waals surface area contributed by atoms with Gasteiger partial charge in [-0.05, 0) is 44.7 Å². The van der Waals surface area contributed by atoms with Crippen molar-refractivity contribution in [2.45, 2.75) is 57.6 Å². The molecule has 2 fully saturated rings. The maximum Gasteiger partial charge on any atom is 0.321 e. The van der Waals surface area contributed by atoms with Gasteiger partial charge in [-0.1, -0.05) is 25.0 Å². The lowest BCUT2D eigenvalue weighted by molar-refractivity contribution is 0.0766. The van der Waals surface area contributed by atoms with Crippen LogP contribution in [-0.2, 0) is 0 Å². The molecule has 2 unspecified atom stereocenters. The van der Waals surface area contributed by atoms with Crippen molar-refractivity contribution in [1.29, 1.82) is 0 Å². The second-order valence-corrected chi connectivity index (χ2v) is 7.59. The summed E-state index contributed by atoms with van der Waals surface area (Å²) in [4.78, 5) is 16.9. The summed E-state index contributed by atoms with van der Waals surface area (Å²) in [5.74, 6) is 0.177. The minimum Gasteiger partial charge on any atom is -0.393 e. The molecular formula is C20H31N3O2. The fraction of sp³-hybridized carbons (Fsp3) is 0.650. The third-order valence-corrected chi connectivity index (χ3v) is 5.83. The van der Waals surface area contributed by atoms with Gasteiger partial charge in [0.1, 0.15) is 0 Å². The molecule has 0 bridgehead atoms. The summed E-state index contributed by atoms with van der Waals surface area (Å²) in [6.07, 6.45) is 6.60. The number of anilines is 2. The maximum atomic E-state index is 12.7. The van der Waals surface area contributed by atoms with Crippen LogP contribution in [0, 0.1) is 5.92 Å². The molecule has 1 aromatic rings. The molecule has 0 aromatic heterocycles. The number of hydrogen-bond donors (Lipinski definition) is 2. The van der Waals surface area contributed by atoms with Crippen LogP contribution in [-0.4, -0.2) is 48.3 Å². The van der Waals surface area contributed by atoms with Gasteiger partial charge in [0.25, 0.3) is 0 Å². The van der Waals surface area contributed by atoms with Crippen LogP contribution in [0.5, 0.6) is 0 Å². The number of rotatable bonds is 4. The highest BCUT2D eigenvalue weighted by Crippen LogP contribution is 2.32. The van der Waals surface area contributed by atoms with Gasteiger partial charge in [-0.2, -0.15) is 0 Å². The Morgan fingerprint density at radius 1 is 1.24 bits per heavy atom. The van der Waals surface area contributed by atoms with Gasteiger partial charge in [0.05, 0.1) is 17.5 Å². The molecule has 1 aromatic carbocycles. The fourth-order valence-electron chi connectivity index (χ4n) is 4.16. The lowest BCUT2D eigenvalue weighted by atomic mass is 9.94. The Hall–Kier alpha value is -1.75. The molecule has 0 radical (unpaired) electrons. The molecule has 1 aliphatic carbocycles. The summed E-state index contributed by atoms with van der Waals surface area (Å²) in [6.45, 7) is 3.21. The van der Waals surface area contributed by atoms with Crippen LogP contribution in [0.4, 0.5) is 16.2 Å². The Morgan fingerprint density at radius 3 is 2.68 bits per heavy atom. The second kappa shape index (κ2) is 8.09. The average molecular weight is 345 g/mol. The number of piperidine rings is 1. The van der Waals surface area contributed by atoms with Gasteiger partial charge in [-0.25, -0.2) is 4.79 Å². The highest BCUT2D eigenvalue weighted by molar-refractivity contribution is 5.93. The summed E-state index contributed by atoms with van der Waals surface area (Å²) in [5, 5.41) is 12.9. The van der Waals surface area contributed by atoms with E-state index < -0.39 is 0 Å². The van der Waals surface area contributed by atoms with E-state index in [4.69, 9.17) is 0 Å². The molecule has 0 spiro atoms. The van der Waals surface area contributed by atoms with Crippen LogP contribution in [0.15, 0.2) is 24.3 Å². The molecule has 5 heteroatoms. The lowest BCUT2D eigenvalue weighted by Gasteiger charge is -2.35. The van der Waals surface area contributed by atoms with E-state index in [1.54, 1.807) is 0 Å². The number of aliphatic hydroxyl groups excluding tert-OH is 1. The Balaban J connectivity index is 1.69. The van der Waals surface area contributed by atoms with Gasteiger partial charge < -0.3 is 20.2 Å². The number of para-hydroxylation sites is 2. The van der Waals surface area contributed by atoms with Crippen molar-refractivity contribution in [2.24, 2.45) is 5.92 Å². The Morgan fingerprint density at radius 2 is 1.96 bits per heavy atom. The predicted molar refractivity (Wildman–Crippen MR) is 102 cm³/mol. The zero-order chi connectivity index (χ0) is 17.8. The van der Waals surface area contributed by atoms with Gasteiger partial charge in [-0.15, -0.1) is 0 Å². The Labute approximate surface area is 151 Å². The van der Waals surface area contributed by atoms with E-state index in [1.165, 1.54) is 25.7 Å². The maximum absolute atomic E-state index is 12.7. The zero-order valence-corrected chi connectivity index (χ0v) is 15.4. The van der Waals surface area contributed by atoms with Gasteiger partial charge in [0, 0.05) is 32.1 Å². The zero-order valence-electron chi connectivity index (χ0n) is 15.4. The number of likely N-dealkylation sites (tertiary alicyclic amines) is 1. The first kappa shape index (κ1) is 18.1. The molecule has 5 nitrogen and oxygen atoms in total. The van der Waals surface area contributed by atoms with Crippen LogP contribution in [0.3, 0.4) is 0 Å². The van der Waals surface area contributed by atoms with E-state index in [0.29, 0.717) is 12.6 Å². The largest absolute Gasteiger partial charge is 0.393 e. The highest BCUT2D eigenvalue weighted by atomic mass is 16.3. The summed E-state index contributed by atoms with van der Waals surface area (Å²) in [5.41, 5.74) is 1.97. The highest BCUT2D eigenvalue weighted by Gasteiger charge is 2.27. The molecule has 2 N–H and O–H groups in total. The van der Waals surface area contributed by atoms with Crippen molar-refractivity contribution in [2.75, 3.05) is 30.4 Å². The standard InChI is InChI=1S/C20H31N3O2/c1-15(24)16-8-7-13-23(14-16)20(25)21-18-11-5-6-12-19(18)22(2)17-9-3-4-10-17/h5-6,11-12,15-17,24H,3-4,7-10,13-14H2,1-2H3,(H,21,25). The van der Waals surface area contributed by atoms with E-state index >= 15 is 0 Å². The molecule has 138 valence electrons. The Bertz CT molecular complexity index is 584. The normalized spacial score (nSPS) is 22.7. The third-order valence-electron chi connectivity index (χ3n) is 5.83. The molecule has 2 atom stereocenters. The van der Waals surface area contributed by atoms with E-state index in [-0.39, 0.29) is 18.1 Å². The monoisotopic (exact) mass is 345 g/mol. The average Bonchev–Trinajstić information content (AvgIpc) is 3.16. The molecular weight excluding hydrogens is 314 g/mol. The van der Waals surface area contributed by atoms with Crippen molar-refractivity contribution < 1.29 is 9.90 Å². The van der Waals surface area contributed by atoms with Crippen molar-refractivity contribution in [3.8, 4) is 0 Å². The van der Waals surface area contributed by atoms with Crippen LogP contribution in [0.25, 0.3) is 0 Å². The van der Waals surface area contributed by atoms with Gasteiger partial charge >= 0.3 is 6.03 Å². The van der Waals surface area contributed by atoms with Crippen LogP contribution in [0.1, 0.15) is 45.4 Å². The van der Waals surface area contributed by atoms with E-state index in [2.05, 4.69) is 23.3 Å². The minimum atomic E-state index is -0.364. The van der Waals surface area contributed by atoms with Crippen LogP contribution < -0.4 is 10.2 Å². The van der Waals surface area contributed by atoms with Crippen molar-refractivity contribution >= 4 is 17.4 Å².